The predicted octanol–water partition coefficient (Wildman–Crippen LogP) is 4.33. The molecule has 0 aliphatic rings. The minimum Gasteiger partial charge on any atom is -0.493 e. The van der Waals surface area contributed by atoms with Crippen LogP contribution in [0.25, 0.3) is 11.6 Å². The van der Waals surface area contributed by atoms with Gasteiger partial charge in [0.25, 0.3) is 5.69 Å². The van der Waals surface area contributed by atoms with Gasteiger partial charge in [0.2, 0.25) is 0 Å². The summed E-state index contributed by atoms with van der Waals surface area (Å²) >= 11 is 5.84. The van der Waals surface area contributed by atoms with E-state index in [1.165, 1.54) is 32.4 Å². The third-order valence-electron chi connectivity index (χ3n) is 3.31. The molecule has 0 bridgehead atoms. The molecule has 0 unspecified atom stereocenters. The van der Waals surface area contributed by atoms with Crippen molar-refractivity contribution in [2.45, 2.75) is 0 Å². The number of methoxy groups -OCH3 is 2. The number of ether oxygens (including phenoxy) is 2. The van der Waals surface area contributed by atoms with Gasteiger partial charge in [-0.05, 0) is 29.8 Å². The highest BCUT2D eigenvalue weighted by atomic mass is 35.5. The molecule has 0 saturated heterocycles. The van der Waals surface area contributed by atoms with Crippen LogP contribution in [0.5, 0.6) is 11.5 Å². The lowest BCUT2D eigenvalue weighted by atomic mass is 10.0. The third kappa shape index (κ3) is 3.65. The number of nitrogens with zero attached hydrogens (tertiary/aromatic N) is 2. The quantitative estimate of drug-likeness (QED) is 0.349. The number of allylic oxidation sites excluding steroid dienone is 1. The maximum atomic E-state index is 11.3. The van der Waals surface area contributed by atoms with Gasteiger partial charge in [-0.1, -0.05) is 23.7 Å². The Labute approximate surface area is 143 Å². The summed E-state index contributed by atoms with van der Waals surface area (Å²) in [6.45, 7) is 0. The fraction of sp³-hybridized carbons (Fsp3) is 0.118. The van der Waals surface area contributed by atoms with Crippen molar-refractivity contribution in [2.75, 3.05) is 14.2 Å². The molecule has 0 aliphatic heterocycles. The number of nitro groups is 1. The molecule has 0 amide bonds. The molecule has 0 atom stereocenters. The molecule has 0 fully saturated rings. The van der Waals surface area contributed by atoms with Gasteiger partial charge < -0.3 is 9.47 Å². The molecular formula is C17H13ClN2O4. The molecule has 0 N–H and O–H groups in total. The second-order valence-corrected chi connectivity index (χ2v) is 5.14. The van der Waals surface area contributed by atoms with Crippen molar-refractivity contribution in [2.24, 2.45) is 0 Å². The van der Waals surface area contributed by atoms with Crippen LogP contribution >= 0.6 is 11.6 Å². The predicted molar refractivity (Wildman–Crippen MR) is 91.1 cm³/mol. The average Bonchev–Trinajstić information content (AvgIpc) is 2.59. The number of rotatable bonds is 5. The molecule has 0 spiro atoms. The SMILES string of the molecule is COc1cc(/C=C(\C#N)c2ccc(Cl)cc2)c([N+](=O)[O-])cc1OC. The summed E-state index contributed by atoms with van der Waals surface area (Å²) in [5.41, 5.74) is 0.923. The lowest BCUT2D eigenvalue weighted by Gasteiger charge is -2.09. The van der Waals surface area contributed by atoms with Gasteiger partial charge in [-0.15, -0.1) is 0 Å². The molecule has 2 aromatic carbocycles. The van der Waals surface area contributed by atoms with Crippen molar-refractivity contribution < 1.29 is 14.4 Å². The zero-order valence-electron chi connectivity index (χ0n) is 12.9. The first-order valence-corrected chi connectivity index (χ1v) is 7.16. The lowest BCUT2D eigenvalue weighted by Crippen LogP contribution is -1.97. The van der Waals surface area contributed by atoms with Gasteiger partial charge in [-0.25, -0.2) is 0 Å². The highest BCUT2D eigenvalue weighted by Gasteiger charge is 2.19. The topological polar surface area (TPSA) is 85.4 Å². The van der Waals surface area contributed by atoms with E-state index in [1.54, 1.807) is 24.3 Å². The summed E-state index contributed by atoms with van der Waals surface area (Å²) in [4.78, 5) is 10.8. The molecule has 2 rings (SSSR count). The molecule has 24 heavy (non-hydrogen) atoms. The van der Waals surface area contributed by atoms with Gasteiger partial charge in [0, 0.05) is 5.02 Å². The standard InChI is InChI=1S/C17H13ClN2O4/c1-23-16-8-12(15(20(21)22)9-17(16)24-2)7-13(10-19)11-3-5-14(18)6-4-11/h3-9H,1-2H3/b13-7+. The first-order valence-electron chi connectivity index (χ1n) is 6.78. The zero-order valence-corrected chi connectivity index (χ0v) is 13.7. The van der Waals surface area contributed by atoms with Crippen LogP contribution in [0.3, 0.4) is 0 Å². The van der Waals surface area contributed by atoms with Gasteiger partial charge in [0.1, 0.15) is 0 Å². The van der Waals surface area contributed by atoms with Gasteiger partial charge in [0.15, 0.2) is 11.5 Å². The number of hydrogen-bond acceptors (Lipinski definition) is 5. The largest absolute Gasteiger partial charge is 0.493 e. The van der Waals surface area contributed by atoms with Crippen molar-refractivity contribution in [3.8, 4) is 17.6 Å². The van der Waals surface area contributed by atoms with E-state index in [0.717, 1.165) is 0 Å². The molecule has 0 aliphatic carbocycles. The molecule has 0 radical (unpaired) electrons. The van der Waals surface area contributed by atoms with Gasteiger partial charge in [-0.3, -0.25) is 10.1 Å². The van der Waals surface area contributed by atoms with Crippen LogP contribution in [0, 0.1) is 21.4 Å². The smallest absolute Gasteiger partial charge is 0.280 e. The second-order valence-electron chi connectivity index (χ2n) is 4.70. The summed E-state index contributed by atoms with van der Waals surface area (Å²) in [5, 5.41) is 21.2. The first-order chi connectivity index (χ1) is 11.5. The molecule has 6 nitrogen and oxygen atoms in total. The summed E-state index contributed by atoms with van der Waals surface area (Å²) in [6, 6.07) is 11.4. The normalized spacial score (nSPS) is 10.8. The number of hydrogen-bond donors (Lipinski definition) is 0. The number of benzene rings is 2. The summed E-state index contributed by atoms with van der Waals surface area (Å²) in [6.07, 6.45) is 1.43. The number of nitro benzene ring substituents is 1. The van der Waals surface area contributed by atoms with Crippen LogP contribution in [0.4, 0.5) is 5.69 Å². The Balaban J connectivity index is 2.62. The fourth-order valence-corrected chi connectivity index (χ4v) is 2.25. The molecule has 0 heterocycles. The van der Waals surface area contributed by atoms with E-state index in [2.05, 4.69) is 0 Å². The van der Waals surface area contributed by atoms with Crippen molar-refractivity contribution in [3.05, 3.63) is 62.7 Å². The fourth-order valence-electron chi connectivity index (χ4n) is 2.12. The van der Waals surface area contributed by atoms with Crippen molar-refractivity contribution in [1.29, 1.82) is 5.26 Å². The summed E-state index contributed by atoms with van der Waals surface area (Å²) in [5.74, 6) is 0.578. The highest BCUT2D eigenvalue weighted by Crippen LogP contribution is 2.36. The molecule has 122 valence electrons. The minimum atomic E-state index is -0.537. The zero-order chi connectivity index (χ0) is 17.7. The molecule has 2 aromatic rings. The van der Waals surface area contributed by atoms with Crippen LogP contribution in [-0.2, 0) is 0 Å². The molecular weight excluding hydrogens is 332 g/mol. The Morgan fingerprint density at radius 2 is 1.79 bits per heavy atom. The summed E-state index contributed by atoms with van der Waals surface area (Å²) in [7, 11) is 2.83. The lowest BCUT2D eigenvalue weighted by molar-refractivity contribution is -0.385. The van der Waals surface area contributed by atoms with E-state index in [0.29, 0.717) is 16.3 Å². The maximum absolute atomic E-state index is 11.3. The van der Waals surface area contributed by atoms with Crippen LogP contribution in [0.15, 0.2) is 36.4 Å². The van der Waals surface area contributed by atoms with Gasteiger partial charge >= 0.3 is 0 Å². The Bertz CT molecular complexity index is 839. The Kier molecular flexibility index (Phi) is 5.40. The van der Waals surface area contributed by atoms with E-state index in [-0.39, 0.29) is 22.6 Å². The van der Waals surface area contributed by atoms with Crippen LogP contribution in [-0.4, -0.2) is 19.1 Å². The van der Waals surface area contributed by atoms with Crippen LogP contribution in [0.2, 0.25) is 5.02 Å². The monoisotopic (exact) mass is 344 g/mol. The van der Waals surface area contributed by atoms with Crippen molar-refractivity contribution in [1.82, 2.24) is 0 Å². The van der Waals surface area contributed by atoms with Crippen molar-refractivity contribution in [3.63, 3.8) is 0 Å². The summed E-state index contributed by atoms with van der Waals surface area (Å²) < 4.78 is 10.3. The van der Waals surface area contributed by atoms with E-state index in [1.807, 2.05) is 6.07 Å². The minimum absolute atomic E-state index is 0.186. The van der Waals surface area contributed by atoms with Gasteiger partial charge in [-0.2, -0.15) is 5.26 Å². The van der Waals surface area contributed by atoms with E-state index < -0.39 is 4.92 Å². The Hall–Kier alpha value is -3.04. The van der Waals surface area contributed by atoms with Crippen molar-refractivity contribution >= 4 is 28.9 Å². The number of nitriles is 1. The Morgan fingerprint density at radius 3 is 2.29 bits per heavy atom. The first kappa shape index (κ1) is 17.3. The van der Waals surface area contributed by atoms with Crippen LogP contribution < -0.4 is 9.47 Å². The maximum Gasteiger partial charge on any atom is 0.280 e. The average molecular weight is 345 g/mol. The van der Waals surface area contributed by atoms with E-state index in [4.69, 9.17) is 21.1 Å². The van der Waals surface area contributed by atoms with E-state index in [9.17, 15) is 15.4 Å². The molecule has 7 heteroatoms. The highest BCUT2D eigenvalue weighted by molar-refractivity contribution is 6.30. The van der Waals surface area contributed by atoms with Gasteiger partial charge in [0.05, 0.1) is 42.4 Å². The third-order valence-corrected chi connectivity index (χ3v) is 3.56. The molecule has 0 saturated carbocycles. The number of halogens is 1. The second kappa shape index (κ2) is 7.49. The Morgan fingerprint density at radius 1 is 1.21 bits per heavy atom. The van der Waals surface area contributed by atoms with Crippen LogP contribution in [0.1, 0.15) is 11.1 Å². The molecule has 0 aromatic heterocycles. The van der Waals surface area contributed by atoms with E-state index >= 15 is 0 Å².